The summed E-state index contributed by atoms with van der Waals surface area (Å²) in [5.41, 5.74) is 0.786. The van der Waals surface area contributed by atoms with Crippen LogP contribution in [0.1, 0.15) is 19.3 Å². The molecule has 1 atom stereocenters. The minimum absolute atomic E-state index is 0.786. The number of rotatable bonds is 1. The molecule has 0 radical (unpaired) electrons. The third-order valence-electron chi connectivity index (χ3n) is 3.14. The molecule has 2 aliphatic rings. The van der Waals surface area contributed by atoms with E-state index in [-0.39, 0.29) is 0 Å². The third-order valence-corrected chi connectivity index (χ3v) is 3.93. The van der Waals surface area contributed by atoms with Gasteiger partial charge in [-0.05, 0) is 43.7 Å². The quantitative estimate of drug-likeness (QED) is 0.642. The van der Waals surface area contributed by atoms with Gasteiger partial charge in [-0.2, -0.15) is 0 Å². The minimum atomic E-state index is 0.786. The summed E-state index contributed by atoms with van der Waals surface area (Å²) in [5, 5.41) is 4.64. The van der Waals surface area contributed by atoms with E-state index >= 15 is 0 Å². The normalized spacial score (nSPS) is 36.3. The maximum Gasteiger partial charge on any atom is 0.00652 e. The molecule has 58 valence electrons. The second-order valence-corrected chi connectivity index (χ2v) is 4.32. The van der Waals surface area contributed by atoms with Crippen LogP contribution in [-0.4, -0.2) is 18.4 Å². The van der Waals surface area contributed by atoms with Gasteiger partial charge in [0.05, 0.1) is 0 Å². The molecule has 1 spiro atoms. The van der Waals surface area contributed by atoms with E-state index < -0.39 is 0 Å². The molecule has 2 rings (SSSR count). The molecule has 1 saturated carbocycles. The maximum absolute atomic E-state index is 3.57. The average molecular weight is 204 g/mol. The smallest absolute Gasteiger partial charge is 0.00652 e. The lowest BCUT2D eigenvalue weighted by Crippen LogP contribution is -2.29. The first-order valence-corrected chi connectivity index (χ1v) is 5.26. The van der Waals surface area contributed by atoms with Gasteiger partial charge in [0.15, 0.2) is 0 Å². The van der Waals surface area contributed by atoms with Gasteiger partial charge >= 0.3 is 0 Å². The number of hydrogen-bond acceptors (Lipinski definition) is 1. The van der Waals surface area contributed by atoms with Crippen LogP contribution in [0.4, 0.5) is 0 Å². The van der Waals surface area contributed by atoms with Crippen molar-refractivity contribution in [2.24, 2.45) is 11.3 Å². The van der Waals surface area contributed by atoms with Gasteiger partial charge in [0, 0.05) is 5.33 Å². The van der Waals surface area contributed by atoms with Crippen molar-refractivity contribution in [2.45, 2.75) is 19.3 Å². The van der Waals surface area contributed by atoms with Crippen molar-refractivity contribution in [2.75, 3.05) is 18.4 Å². The highest BCUT2D eigenvalue weighted by atomic mass is 79.9. The minimum Gasteiger partial charge on any atom is -0.317 e. The predicted octanol–water partition coefficient (Wildman–Crippen LogP) is 1.77. The maximum atomic E-state index is 3.57. The first-order valence-electron chi connectivity index (χ1n) is 4.14. The summed E-state index contributed by atoms with van der Waals surface area (Å²) in [5.74, 6) is 1.01. The summed E-state index contributed by atoms with van der Waals surface area (Å²) >= 11 is 3.57. The van der Waals surface area contributed by atoms with Crippen LogP contribution in [0.5, 0.6) is 0 Å². The second-order valence-electron chi connectivity index (χ2n) is 3.67. The van der Waals surface area contributed by atoms with Gasteiger partial charge in [0.2, 0.25) is 0 Å². The lowest BCUT2D eigenvalue weighted by molar-refractivity contribution is 0.331. The van der Waals surface area contributed by atoms with E-state index in [0.717, 1.165) is 11.3 Å². The molecular formula is C8H14BrN. The highest BCUT2D eigenvalue weighted by molar-refractivity contribution is 9.09. The largest absolute Gasteiger partial charge is 0.317 e. The van der Waals surface area contributed by atoms with Crippen LogP contribution in [0.3, 0.4) is 0 Å². The van der Waals surface area contributed by atoms with E-state index in [9.17, 15) is 0 Å². The van der Waals surface area contributed by atoms with E-state index in [0.29, 0.717) is 0 Å². The Hall–Kier alpha value is 0.440. The van der Waals surface area contributed by atoms with E-state index in [1.165, 1.54) is 37.7 Å². The SMILES string of the molecule is BrCC1CC12CCNCC2. The summed E-state index contributed by atoms with van der Waals surface area (Å²) in [6.45, 7) is 2.51. The lowest BCUT2D eigenvalue weighted by Gasteiger charge is -2.22. The molecule has 1 nitrogen and oxygen atoms in total. The molecule has 0 aromatic rings. The Morgan fingerprint density at radius 2 is 2.10 bits per heavy atom. The Morgan fingerprint density at radius 3 is 2.60 bits per heavy atom. The number of piperidine rings is 1. The molecule has 0 amide bonds. The van der Waals surface area contributed by atoms with Gasteiger partial charge in [-0.3, -0.25) is 0 Å². The van der Waals surface area contributed by atoms with Crippen LogP contribution in [-0.2, 0) is 0 Å². The first-order chi connectivity index (χ1) is 4.87. The molecule has 1 unspecified atom stereocenters. The average Bonchev–Trinajstić information content (AvgIpc) is 2.65. The molecule has 1 aliphatic heterocycles. The molecule has 0 aromatic carbocycles. The third kappa shape index (κ3) is 1.02. The Kier molecular flexibility index (Phi) is 1.77. The fourth-order valence-corrected chi connectivity index (χ4v) is 3.10. The van der Waals surface area contributed by atoms with Crippen molar-refractivity contribution in [3.63, 3.8) is 0 Å². The van der Waals surface area contributed by atoms with Crippen LogP contribution < -0.4 is 5.32 Å². The van der Waals surface area contributed by atoms with Gasteiger partial charge in [-0.25, -0.2) is 0 Å². The summed E-state index contributed by atoms with van der Waals surface area (Å²) in [7, 11) is 0. The molecule has 0 aromatic heterocycles. The molecule has 2 heteroatoms. The van der Waals surface area contributed by atoms with E-state index in [1.54, 1.807) is 0 Å². The van der Waals surface area contributed by atoms with Crippen molar-refractivity contribution in [3.8, 4) is 0 Å². The topological polar surface area (TPSA) is 12.0 Å². The van der Waals surface area contributed by atoms with Gasteiger partial charge in [-0.15, -0.1) is 0 Å². The zero-order valence-corrected chi connectivity index (χ0v) is 7.78. The number of alkyl halides is 1. The van der Waals surface area contributed by atoms with E-state index in [2.05, 4.69) is 21.2 Å². The molecule has 1 saturated heterocycles. The molecule has 2 fully saturated rings. The van der Waals surface area contributed by atoms with Crippen molar-refractivity contribution >= 4 is 15.9 Å². The van der Waals surface area contributed by atoms with Crippen LogP contribution in [0.2, 0.25) is 0 Å². The Labute approximate surface area is 70.7 Å². The van der Waals surface area contributed by atoms with Crippen LogP contribution in [0.15, 0.2) is 0 Å². The van der Waals surface area contributed by atoms with Crippen molar-refractivity contribution in [3.05, 3.63) is 0 Å². The predicted molar refractivity (Wildman–Crippen MR) is 46.4 cm³/mol. The standard InChI is InChI=1S/C8H14BrN/c9-6-7-5-8(7)1-3-10-4-2-8/h7,10H,1-6H2. The molecule has 10 heavy (non-hydrogen) atoms. The summed E-state index contributed by atoms with van der Waals surface area (Å²) in [6, 6.07) is 0. The zero-order chi connectivity index (χ0) is 7.03. The van der Waals surface area contributed by atoms with Gasteiger partial charge in [0.1, 0.15) is 0 Å². The highest BCUT2D eigenvalue weighted by Crippen LogP contribution is 2.58. The fraction of sp³-hybridized carbons (Fsp3) is 1.00. The van der Waals surface area contributed by atoms with Crippen molar-refractivity contribution in [1.29, 1.82) is 0 Å². The van der Waals surface area contributed by atoms with Crippen LogP contribution in [0, 0.1) is 11.3 Å². The fourth-order valence-electron chi connectivity index (χ4n) is 2.19. The van der Waals surface area contributed by atoms with Gasteiger partial charge < -0.3 is 5.32 Å². The number of hydrogen-bond donors (Lipinski definition) is 1. The molecule has 1 N–H and O–H groups in total. The summed E-state index contributed by atoms with van der Waals surface area (Å²) < 4.78 is 0. The second kappa shape index (κ2) is 2.49. The van der Waals surface area contributed by atoms with Crippen LogP contribution >= 0.6 is 15.9 Å². The lowest BCUT2D eigenvalue weighted by atomic mass is 9.92. The monoisotopic (exact) mass is 203 g/mol. The molecule has 0 bridgehead atoms. The van der Waals surface area contributed by atoms with E-state index in [1.807, 2.05) is 0 Å². The number of nitrogens with one attached hydrogen (secondary N) is 1. The Bertz CT molecular complexity index is 129. The summed E-state index contributed by atoms with van der Waals surface area (Å²) in [4.78, 5) is 0. The zero-order valence-electron chi connectivity index (χ0n) is 6.20. The molecular weight excluding hydrogens is 190 g/mol. The Morgan fingerprint density at radius 1 is 1.40 bits per heavy atom. The summed E-state index contributed by atoms with van der Waals surface area (Å²) in [6.07, 6.45) is 4.33. The number of halogens is 1. The van der Waals surface area contributed by atoms with Gasteiger partial charge in [-0.1, -0.05) is 15.9 Å². The molecule has 1 aliphatic carbocycles. The van der Waals surface area contributed by atoms with Gasteiger partial charge in [0.25, 0.3) is 0 Å². The van der Waals surface area contributed by atoms with Crippen molar-refractivity contribution < 1.29 is 0 Å². The molecule has 1 heterocycles. The van der Waals surface area contributed by atoms with Crippen LogP contribution in [0.25, 0.3) is 0 Å². The highest BCUT2D eigenvalue weighted by Gasteiger charge is 2.52. The van der Waals surface area contributed by atoms with E-state index in [4.69, 9.17) is 0 Å². The van der Waals surface area contributed by atoms with Crippen molar-refractivity contribution in [1.82, 2.24) is 5.32 Å². The Balaban J connectivity index is 1.92. The first kappa shape index (κ1) is 7.11.